The summed E-state index contributed by atoms with van der Waals surface area (Å²) in [5, 5.41) is 3.91. The van der Waals surface area contributed by atoms with Crippen molar-refractivity contribution >= 4 is 11.6 Å². The number of amides is 1. The highest BCUT2D eigenvalue weighted by Gasteiger charge is 2.11. The first-order valence-corrected chi connectivity index (χ1v) is 8.08. The lowest BCUT2D eigenvalue weighted by molar-refractivity contribution is -0.123. The van der Waals surface area contributed by atoms with Gasteiger partial charge in [-0.25, -0.2) is 5.43 Å². The van der Waals surface area contributed by atoms with E-state index in [1.807, 2.05) is 19.1 Å². The van der Waals surface area contributed by atoms with E-state index in [9.17, 15) is 13.6 Å². The molecule has 2 aromatic carbocycles. The van der Waals surface area contributed by atoms with Crippen molar-refractivity contribution in [3.63, 3.8) is 0 Å². The number of hydrazone groups is 1. The molecule has 0 unspecified atom stereocenters. The molecule has 0 aliphatic heterocycles. The molecule has 1 amide bonds. The lowest BCUT2D eigenvalue weighted by Gasteiger charge is -2.10. The molecule has 0 fully saturated rings. The first-order valence-electron chi connectivity index (χ1n) is 8.08. The van der Waals surface area contributed by atoms with Gasteiger partial charge in [-0.15, -0.1) is 0 Å². The number of carbonyl (C=O) groups is 1. The Morgan fingerprint density at radius 3 is 2.50 bits per heavy atom. The monoisotopic (exact) mass is 362 g/mol. The molecular formula is C19H20F2N2O3. The van der Waals surface area contributed by atoms with E-state index < -0.39 is 12.5 Å². The van der Waals surface area contributed by atoms with Crippen molar-refractivity contribution in [1.82, 2.24) is 5.43 Å². The maximum absolute atomic E-state index is 12.4. The highest BCUT2D eigenvalue weighted by Crippen LogP contribution is 2.20. The Labute approximate surface area is 150 Å². The van der Waals surface area contributed by atoms with Crippen LogP contribution in [0.2, 0.25) is 0 Å². The molecule has 0 heterocycles. The van der Waals surface area contributed by atoms with Crippen molar-refractivity contribution in [1.29, 1.82) is 0 Å². The van der Waals surface area contributed by atoms with E-state index >= 15 is 0 Å². The molecule has 0 aromatic heterocycles. The first-order chi connectivity index (χ1) is 12.5. The SMILES string of the molecule is CCc1ccc(OCC(=O)N/N=C(/C)c2ccccc2OC(F)F)cc1. The van der Waals surface area contributed by atoms with Crippen molar-refractivity contribution in [2.75, 3.05) is 6.61 Å². The number of hydrogen-bond acceptors (Lipinski definition) is 4. The summed E-state index contributed by atoms with van der Waals surface area (Å²) >= 11 is 0. The first kappa shape index (κ1) is 19.4. The van der Waals surface area contributed by atoms with Crippen molar-refractivity contribution in [2.45, 2.75) is 26.9 Å². The number of ether oxygens (including phenoxy) is 2. The van der Waals surface area contributed by atoms with E-state index in [0.717, 1.165) is 6.42 Å². The minimum atomic E-state index is -2.94. The third-order valence-corrected chi connectivity index (χ3v) is 3.54. The van der Waals surface area contributed by atoms with Crippen LogP contribution in [0.1, 0.15) is 25.0 Å². The molecule has 0 saturated carbocycles. The molecule has 138 valence electrons. The number of para-hydroxylation sites is 1. The van der Waals surface area contributed by atoms with Crippen LogP contribution in [0.25, 0.3) is 0 Å². The van der Waals surface area contributed by atoms with E-state index in [0.29, 0.717) is 17.0 Å². The number of nitrogens with zero attached hydrogens (tertiary/aromatic N) is 1. The summed E-state index contributed by atoms with van der Waals surface area (Å²) in [6.07, 6.45) is 0.922. The summed E-state index contributed by atoms with van der Waals surface area (Å²) in [5.41, 5.74) is 4.21. The fourth-order valence-electron chi connectivity index (χ4n) is 2.17. The predicted molar refractivity (Wildman–Crippen MR) is 94.7 cm³/mol. The van der Waals surface area contributed by atoms with Crippen molar-refractivity contribution in [2.24, 2.45) is 5.10 Å². The van der Waals surface area contributed by atoms with Crippen LogP contribution in [0.4, 0.5) is 8.78 Å². The average molecular weight is 362 g/mol. The Balaban J connectivity index is 1.92. The second kappa shape index (κ2) is 9.50. The standard InChI is InChI=1S/C19H20F2N2O3/c1-3-14-8-10-15(11-9-14)25-12-18(24)23-22-13(2)16-6-4-5-7-17(16)26-19(20)21/h4-11,19H,3,12H2,1-2H3,(H,23,24)/b22-13-. The summed E-state index contributed by atoms with van der Waals surface area (Å²) in [6, 6.07) is 13.7. The number of carbonyl (C=O) groups excluding carboxylic acids is 1. The van der Waals surface area contributed by atoms with Gasteiger partial charge in [0.1, 0.15) is 11.5 Å². The summed E-state index contributed by atoms with van der Waals surface area (Å²) < 4.78 is 34.7. The van der Waals surface area contributed by atoms with E-state index in [-0.39, 0.29) is 12.4 Å². The normalized spacial score (nSPS) is 11.3. The van der Waals surface area contributed by atoms with Crippen LogP contribution in [0.5, 0.6) is 11.5 Å². The zero-order valence-electron chi connectivity index (χ0n) is 14.5. The van der Waals surface area contributed by atoms with Gasteiger partial charge in [-0.1, -0.05) is 31.2 Å². The van der Waals surface area contributed by atoms with Gasteiger partial charge in [-0.3, -0.25) is 4.79 Å². The fraction of sp³-hybridized carbons (Fsp3) is 0.263. The highest BCUT2D eigenvalue weighted by molar-refractivity contribution is 6.01. The topological polar surface area (TPSA) is 59.9 Å². The van der Waals surface area contributed by atoms with E-state index in [2.05, 4.69) is 15.3 Å². The van der Waals surface area contributed by atoms with Gasteiger partial charge >= 0.3 is 6.61 Å². The molecule has 1 N–H and O–H groups in total. The Kier molecular flexibility index (Phi) is 7.08. The summed E-state index contributed by atoms with van der Waals surface area (Å²) in [7, 11) is 0. The second-order valence-electron chi connectivity index (χ2n) is 5.39. The summed E-state index contributed by atoms with van der Waals surface area (Å²) in [5.74, 6) is 0.107. The van der Waals surface area contributed by atoms with Crippen molar-refractivity contribution in [3.8, 4) is 11.5 Å². The van der Waals surface area contributed by atoms with Gasteiger partial charge in [-0.05, 0) is 43.2 Å². The number of aryl methyl sites for hydroxylation is 1. The molecule has 0 saturated heterocycles. The van der Waals surface area contributed by atoms with E-state index in [1.165, 1.54) is 11.6 Å². The molecule has 2 aromatic rings. The molecule has 7 heteroatoms. The maximum atomic E-state index is 12.4. The van der Waals surface area contributed by atoms with Gasteiger partial charge in [0.25, 0.3) is 5.91 Å². The van der Waals surface area contributed by atoms with Crippen LogP contribution >= 0.6 is 0 Å². The number of hydrogen-bond donors (Lipinski definition) is 1. The van der Waals surface area contributed by atoms with Crippen LogP contribution in [-0.4, -0.2) is 24.8 Å². The molecule has 0 radical (unpaired) electrons. The minimum Gasteiger partial charge on any atom is -0.484 e. The zero-order valence-corrected chi connectivity index (χ0v) is 14.5. The average Bonchev–Trinajstić information content (AvgIpc) is 2.64. The number of benzene rings is 2. The molecular weight excluding hydrogens is 342 g/mol. The third kappa shape index (κ3) is 5.84. The largest absolute Gasteiger partial charge is 0.484 e. The van der Waals surface area contributed by atoms with Gasteiger partial charge < -0.3 is 9.47 Å². The van der Waals surface area contributed by atoms with Gasteiger partial charge in [0.2, 0.25) is 0 Å². The molecule has 0 aliphatic carbocycles. The van der Waals surface area contributed by atoms with Gasteiger partial charge in [0.05, 0.1) is 5.71 Å². The van der Waals surface area contributed by atoms with Crippen LogP contribution in [0.3, 0.4) is 0 Å². The van der Waals surface area contributed by atoms with Crippen LogP contribution in [0.15, 0.2) is 53.6 Å². The highest BCUT2D eigenvalue weighted by atomic mass is 19.3. The Morgan fingerprint density at radius 1 is 1.15 bits per heavy atom. The minimum absolute atomic E-state index is 0.00902. The van der Waals surface area contributed by atoms with Crippen LogP contribution in [-0.2, 0) is 11.2 Å². The Bertz CT molecular complexity index is 762. The van der Waals surface area contributed by atoms with E-state index in [4.69, 9.17) is 4.74 Å². The molecule has 0 bridgehead atoms. The van der Waals surface area contributed by atoms with Crippen LogP contribution in [0, 0.1) is 0 Å². The van der Waals surface area contributed by atoms with Crippen molar-refractivity contribution < 1.29 is 23.0 Å². The molecule has 5 nitrogen and oxygen atoms in total. The quantitative estimate of drug-likeness (QED) is 0.574. The smallest absolute Gasteiger partial charge is 0.387 e. The Morgan fingerprint density at radius 2 is 1.85 bits per heavy atom. The number of alkyl halides is 2. The summed E-state index contributed by atoms with van der Waals surface area (Å²) in [4.78, 5) is 11.8. The Hall–Kier alpha value is -2.96. The zero-order chi connectivity index (χ0) is 18.9. The van der Waals surface area contributed by atoms with E-state index in [1.54, 1.807) is 37.3 Å². The third-order valence-electron chi connectivity index (χ3n) is 3.54. The molecule has 0 aliphatic rings. The van der Waals surface area contributed by atoms with Gasteiger partial charge in [0.15, 0.2) is 6.61 Å². The number of halogens is 2. The maximum Gasteiger partial charge on any atom is 0.387 e. The molecule has 0 atom stereocenters. The molecule has 0 spiro atoms. The summed E-state index contributed by atoms with van der Waals surface area (Å²) in [6.45, 7) is 0.482. The van der Waals surface area contributed by atoms with Crippen LogP contribution < -0.4 is 14.9 Å². The van der Waals surface area contributed by atoms with Gasteiger partial charge in [0, 0.05) is 5.56 Å². The number of rotatable bonds is 8. The lowest BCUT2D eigenvalue weighted by Crippen LogP contribution is -2.25. The second-order valence-corrected chi connectivity index (χ2v) is 5.39. The molecule has 2 rings (SSSR count). The fourth-order valence-corrected chi connectivity index (χ4v) is 2.17. The predicted octanol–water partition coefficient (Wildman–Crippen LogP) is 3.77. The molecule has 26 heavy (non-hydrogen) atoms. The lowest BCUT2D eigenvalue weighted by atomic mass is 10.1. The van der Waals surface area contributed by atoms with Crippen molar-refractivity contribution in [3.05, 3.63) is 59.7 Å². The van der Waals surface area contributed by atoms with Gasteiger partial charge in [-0.2, -0.15) is 13.9 Å². The number of nitrogens with one attached hydrogen (secondary N) is 1.